The zero-order valence-corrected chi connectivity index (χ0v) is 15.0. The second-order valence-corrected chi connectivity index (χ2v) is 6.45. The maximum absolute atomic E-state index is 12.9. The number of carbonyl (C=O) groups excluding carboxylic acids is 2. The number of benzene rings is 1. The van der Waals surface area contributed by atoms with Crippen molar-refractivity contribution in [3.8, 4) is 0 Å². The highest BCUT2D eigenvalue weighted by Crippen LogP contribution is 2.25. The summed E-state index contributed by atoms with van der Waals surface area (Å²) in [4.78, 5) is 28.5. The van der Waals surface area contributed by atoms with Crippen LogP contribution < -0.4 is 10.2 Å². The third-order valence-electron chi connectivity index (χ3n) is 4.88. The largest absolute Gasteiger partial charge is 0.339 e. The molecule has 0 aliphatic carbocycles. The lowest BCUT2D eigenvalue weighted by molar-refractivity contribution is -0.118. The highest BCUT2D eigenvalue weighted by molar-refractivity contribution is 6.04. The van der Waals surface area contributed by atoms with Crippen molar-refractivity contribution in [2.75, 3.05) is 38.6 Å². The summed E-state index contributed by atoms with van der Waals surface area (Å²) in [6, 6.07) is 7.40. The highest BCUT2D eigenvalue weighted by Gasteiger charge is 2.26. The monoisotopic (exact) mass is 331 g/mol. The number of hydrogen-bond acceptors (Lipinski definition) is 3. The minimum Gasteiger partial charge on any atom is -0.339 e. The predicted molar refractivity (Wildman–Crippen MR) is 97.3 cm³/mol. The Hall–Kier alpha value is -1.88. The number of rotatable bonds is 6. The van der Waals surface area contributed by atoms with E-state index in [-0.39, 0.29) is 11.8 Å². The lowest BCUT2D eigenvalue weighted by atomic mass is 9.93. The van der Waals surface area contributed by atoms with Crippen molar-refractivity contribution < 1.29 is 9.59 Å². The Kier molecular flexibility index (Phi) is 6.79. The second-order valence-electron chi connectivity index (χ2n) is 6.45. The molecule has 0 unspecified atom stereocenters. The molecule has 0 radical (unpaired) electrons. The molecule has 1 fully saturated rings. The lowest BCUT2D eigenvalue weighted by Gasteiger charge is -2.33. The molecule has 0 spiro atoms. The van der Waals surface area contributed by atoms with E-state index in [0.29, 0.717) is 23.6 Å². The molecule has 0 saturated carbocycles. The van der Waals surface area contributed by atoms with Gasteiger partial charge in [-0.05, 0) is 50.9 Å². The van der Waals surface area contributed by atoms with Gasteiger partial charge >= 0.3 is 0 Å². The molecule has 1 aliphatic heterocycles. The first-order valence-electron chi connectivity index (χ1n) is 8.88. The van der Waals surface area contributed by atoms with Crippen molar-refractivity contribution in [2.45, 2.75) is 32.6 Å². The normalized spacial score (nSPS) is 15.4. The third kappa shape index (κ3) is 4.35. The van der Waals surface area contributed by atoms with Crippen LogP contribution in [0.5, 0.6) is 0 Å². The Balaban J connectivity index is 2.07. The van der Waals surface area contributed by atoms with Crippen molar-refractivity contribution in [3.05, 3.63) is 29.8 Å². The molecule has 1 N–H and O–H groups in total. The molecule has 5 heteroatoms. The van der Waals surface area contributed by atoms with E-state index >= 15 is 0 Å². The first kappa shape index (κ1) is 18.5. The van der Waals surface area contributed by atoms with E-state index < -0.39 is 0 Å². The number of anilines is 1. The van der Waals surface area contributed by atoms with Gasteiger partial charge in [0.15, 0.2) is 0 Å². The summed E-state index contributed by atoms with van der Waals surface area (Å²) in [5.41, 5.74) is 1.32. The smallest absolute Gasteiger partial charge is 0.255 e. The molecular formula is C19H29N3O2. The van der Waals surface area contributed by atoms with Crippen molar-refractivity contribution in [1.29, 1.82) is 0 Å². The Morgan fingerprint density at radius 1 is 1.25 bits per heavy atom. The molecule has 1 heterocycles. The molecule has 5 nitrogen and oxygen atoms in total. The van der Waals surface area contributed by atoms with Gasteiger partial charge in [-0.3, -0.25) is 9.59 Å². The van der Waals surface area contributed by atoms with E-state index in [0.717, 1.165) is 32.5 Å². The van der Waals surface area contributed by atoms with Crippen molar-refractivity contribution >= 4 is 17.5 Å². The third-order valence-corrected chi connectivity index (χ3v) is 4.88. The second kappa shape index (κ2) is 8.83. The van der Waals surface area contributed by atoms with Gasteiger partial charge in [-0.25, -0.2) is 0 Å². The van der Waals surface area contributed by atoms with Gasteiger partial charge in [0.2, 0.25) is 5.91 Å². The summed E-state index contributed by atoms with van der Waals surface area (Å²) in [6.07, 6.45) is 3.71. The number of amides is 2. The Bertz CT molecular complexity index is 565. The van der Waals surface area contributed by atoms with E-state index in [9.17, 15) is 9.59 Å². The predicted octanol–water partition coefficient (Wildman–Crippen LogP) is 2.52. The standard InChI is InChI=1S/C19H29N3O2/c1-4-18(23)21(3)17-8-6-5-7-16(17)19(24)22-13-10-15(11-14-22)9-12-20-2/h5-8,15,20H,4,9-14H2,1-3H3. The Morgan fingerprint density at radius 2 is 1.92 bits per heavy atom. The lowest BCUT2D eigenvalue weighted by Crippen LogP contribution is -2.39. The first-order chi connectivity index (χ1) is 11.6. The number of nitrogens with zero attached hydrogens (tertiary/aromatic N) is 2. The molecule has 1 aromatic carbocycles. The number of piperidine rings is 1. The topological polar surface area (TPSA) is 52.7 Å². The number of hydrogen-bond donors (Lipinski definition) is 1. The van der Waals surface area contributed by atoms with Gasteiger partial charge < -0.3 is 15.1 Å². The van der Waals surface area contributed by atoms with E-state index in [2.05, 4.69) is 5.32 Å². The van der Waals surface area contributed by atoms with Gasteiger partial charge in [0.05, 0.1) is 11.3 Å². The zero-order chi connectivity index (χ0) is 17.5. The molecule has 24 heavy (non-hydrogen) atoms. The van der Waals surface area contributed by atoms with Gasteiger partial charge in [-0.15, -0.1) is 0 Å². The number of nitrogens with one attached hydrogen (secondary N) is 1. The van der Waals surface area contributed by atoms with E-state index in [4.69, 9.17) is 0 Å². The summed E-state index contributed by atoms with van der Waals surface area (Å²) in [7, 11) is 3.71. The fraction of sp³-hybridized carbons (Fsp3) is 0.579. The van der Waals surface area contributed by atoms with Gasteiger partial charge in [0, 0.05) is 26.6 Å². The Morgan fingerprint density at radius 3 is 2.54 bits per heavy atom. The molecule has 2 amide bonds. The fourth-order valence-corrected chi connectivity index (χ4v) is 3.26. The maximum Gasteiger partial charge on any atom is 0.255 e. The van der Waals surface area contributed by atoms with Gasteiger partial charge in [0.1, 0.15) is 0 Å². The summed E-state index contributed by atoms with van der Waals surface area (Å²) in [5.74, 6) is 0.746. The van der Waals surface area contributed by atoms with Crippen LogP contribution >= 0.6 is 0 Å². The van der Waals surface area contributed by atoms with Crippen LogP contribution in [0.1, 0.15) is 43.0 Å². The van der Waals surface area contributed by atoms with Crippen molar-refractivity contribution in [1.82, 2.24) is 10.2 Å². The average molecular weight is 331 g/mol. The molecule has 132 valence electrons. The van der Waals surface area contributed by atoms with Crippen LogP contribution in [0.2, 0.25) is 0 Å². The van der Waals surface area contributed by atoms with Gasteiger partial charge in [0.25, 0.3) is 5.91 Å². The SMILES string of the molecule is CCC(=O)N(C)c1ccccc1C(=O)N1CCC(CCNC)CC1. The van der Waals surface area contributed by atoms with E-state index in [1.165, 1.54) is 6.42 Å². The summed E-state index contributed by atoms with van der Waals surface area (Å²) in [5, 5.41) is 3.19. The van der Waals surface area contributed by atoms with Crippen LogP contribution in [0.15, 0.2) is 24.3 Å². The fourth-order valence-electron chi connectivity index (χ4n) is 3.26. The van der Waals surface area contributed by atoms with E-state index in [1.807, 2.05) is 43.1 Å². The van der Waals surface area contributed by atoms with Crippen LogP contribution in [0.4, 0.5) is 5.69 Å². The molecule has 0 aromatic heterocycles. The van der Waals surface area contributed by atoms with Gasteiger partial charge in [-0.2, -0.15) is 0 Å². The van der Waals surface area contributed by atoms with Crippen LogP contribution in [0.3, 0.4) is 0 Å². The molecule has 0 bridgehead atoms. The van der Waals surface area contributed by atoms with Crippen molar-refractivity contribution in [3.63, 3.8) is 0 Å². The van der Waals surface area contributed by atoms with E-state index in [1.54, 1.807) is 11.9 Å². The summed E-state index contributed by atoms with van der Waals surface area (Å²) >= 11 is 0. The number of likely N-dealkylation sites (tertiary alicyclic amines) is 1. The molecule has 0 atom stereocenters. The summed E-state index contributed by atoms with van der Waals surface area (Å²) in [6.45, 7) is 4.46. The van der Waals surface area contributed by atoms with Crippen molar-refractivity contribution in [2.24, 2.45) is 5.92 Å². The molecular weight excluding hydrogens is 302 g/mol. The average Bonchev–Trinajstić information content (AvgIpc) is 2.65. The summed E-state index contributed by atoms with van der Waals surface area (Å²) < 4.78 is 0. The Labute approximate surface area is 145 Å². The quantitative estimate of drug-likeness (QED) is 0.871. The molecule has 1 aromatic rings. The highest BCUT2D eigenvalue weighted by atomic mass is 16.2. The molecule has 1 saturated heterocycles. The maximum atomic E-state index is 12.9. The number of carbonyl (C=O) groups is 2. The molecule has 1 aliphatic rings. The van der Waals surface area contributed by atoms with Gasteiger partial charge in [-0.1, -0.05) is 19.1 Å². The van der Waals surface area contributed by atoms with Crippen LogP contribution in [0.25, 0.3) is 0 Å². The first-order valence-corrected chi connectivity index (χ1v) is 8.88. The van der Waals surface area contributed by atoms with Crippen LogP contribution in [-0.4, -0.2) is 50.4 Å². The van der Waals surface area contributed by atoms with Crippen LogP contribution in [0, 0.1) is 5.92 Å². The molecule has 2 rings (SSSR count). The minimum atomic E-state index is 0.0148. The number of para-hydroxylation sites is 1. The zero-order valence-electron chi connectivity index (χ0n) is 15.0. The van der Waals surface area contributed by atoms with Crippen LogP contribution in [-0.2, 0) is 4.79 Å². The minimum absolute atomic E-state index is 0.0148.